The van der Waals surface area contributed by atoms with Gasteiger partial charge in [0.2, 0.25) is 0 Å². The third-order valence-electron chi connectivity index (χ3n) is 4.89. The Labute approximate surface area is 191 Å². The molecule has 0 aliphatic rings. The molecule has 170 valence electrons. The van der Waals surface area contributed by atoms with Crippen LogP contribution in [0.1, 0.15) is 5.56 Å². The lowest BCUT2D eigenvalue weighted by atomic mass is 10.0. The molecule has 0 aliphatic heterocycles. The van der Waals surface area contributed by atoms with Gasteiger partial charge in [-0.15, -0.1) is 0 Å². The number of benzene rings is 2. The molecular formula is C22H19F3N6OS. The zero-order valence-electron chi connectivity index (χ0n) is 17.2. The molecule has 33 heavy (non-hydrogen) atoms. The minimum atomic E-state index is -4.72. The number of anilines is 2. The van der Waals surface area contributed by atoms with Crippen LogP contribution < -0.4 is 10.0 Å². The average Bonchev–Trinajstić information content (AvgIpc) is 3.17. The predicted molar refractivity (Wildman–Crippen MR) is 123 cm³/mol. The molecule has 3 N–H and O–H groups in total. The largest absolute Gasteiger partial charge is 0.507 e. The second-order valence-electron chi connectivity index (χ2n) is 6.97. The number of halogens is 3. The summed E-state index contributed by atoms with van der Waals surface area (Å²) in [5.74, 6) is -0.762. The van der Waals surface area contributed by atoms with Crippen molar-refractivity contribution in [2.75, 3.05) is 16.6 Å². The van der Waals surface area contributed by atoms with Crippen LogP contribution in [0.3, 0.4) is 0 Å². The molecule has 11 heteroatoms. The molecule has 0 atom stereocenters. The van der Waals surface area contributed by atoms with E-state index in [4.69, 9.17) is 5.73 Å². The number of nitrogen functional groups attached to an aromatic ring is 1. The van der Waals surface area contributed by atoms with E-state index in [1.54, 1.807) is 10.1 Å². The number of hydrogen-bond acceptors (Lipinski definition) is 7. The number of alkyl halides is 3. The molecule has 7 nitrogen and oxygen atoms in total. The first kappa shape index (κ1) is 22.5. The Morgan fingerprint density at radius 2 is 1.91 bits per heavy atom. The highest BCUT2D eigenvalue weighted by atomic mass is 32.2. The summed E-state index contributed by atoms with van der Waals surface area (Å²) in [6, 6.07) is 12.9. The Morgan fingerprint density at radius 1 is 1.15 bits per heavy atom. The van der Waals surface area contributed by atoms with E-state index in [0.29, 0.717) is 24.1 Å². The standard InChI is InChI=1S/C22H19F3N6OS/c1-2-33-31(15-6-4-3-5-7-15)11-10-30-21-18(20(26)27-13-28-21)19(29-30)14-8-9-17(32)16(12-14)22(23,24)25/h2-9,12-13,32H,1,10-11H2,(H2,26,27,28). The van der Waals surface area contributed by atoms with Crippen LogP contribution in [0.2, 0.25) is 0 Å². The van der Waals surface area contributed by atoms with Crippen molar-refractivity contribution >= 4 is 34.5 Å². The number of para-hydroxylation sites is 1. The van der Waals surface area contributed by atoms with Crippen molar-refractivity contribution in [3.05, 3.63) is 72.4 Å². The zero-order valence-corrected chi connectivity index (χ0v) is 18.0. The Kier molecular flexibility index (Phi) is 6.14. The smallest absolute Gasteiger partial charge is 0.419 e. The molecule has 0 amide bonds. The Morgan fingerprint density at radius 3 is 2.61 bits per heavy atom. The maximum atomic E-state index is 13.3. The SMILES string of the molecule is C=CSN(CCn1nc(-c2ccc(O)c(C(F)(F)F)c2)c2c(N)ncnc21)c1ccccc1. The number of phenols is 1. The summed E-state index contributed by atoms with van der Waals surface area (Å²) >= 11 is 1.41. The highest BCUT2D eigenvalue weighted by Gasteiger charge is 2.34. The van der Waals surface area contributed by atoms with E-state index >= 15 is 0 Å². The molecular weight excluding hydrogens is 453 g/mol. The lowest BCUT2D eigenvalue weighted by Gasteiger charge is -2.21. The number of aromatic hydroxyl groups is 1. The van der Waals surface area contributed by atoms with Gasteiger partial charge in [-0.25, -0.2) is 14.6 Å². The minimum Gasteiger partial charge on any atom is -0.507 e. The lowest BCUT2D eigenvalue weighted by molar-refractivity contribution is -0.138. The molecule has 4 aromatic rings. The van der Waals surface area contributed by atoms with Gasteiger partial charge in [-0.3, -0.25) is 0 Å². The molecule has 0 bridgehead atoms. The molecule has 0 radical (unpaired) electrons. The van der Waals surface area contributed by atoms with Gasteiger partial charge in [0.15, 0.2) is 5.65 Å². The summed E-state index contributed by atoms with van der Waals surface area (Å²) in [7, 11) is 0. The summed E-state index contributed by atoms with van der Waals surface area (Å²) in [6.07, 6.45) is -3.44. The quantitative estimate of drug-likeness (QED) is 0.362. The van der Waals surface area contributed by atoms with E-state index in [0.717, 1.165) is 17.8 Å². The monoisotopic (exact) mass is 472 g/mol. The van der Waals surface area contributed by atoms with Gasteiger partial charge in [0.05, 0.1) is 17.5 Å². The van der Waals surface area contributed by atoms with Crippen LogP contribution in [0.4, 0.5) is 24.7 Å². The van der Waals surface area contributed by atoms with Gasteiger partial charge < -0.3 is 15.1 Å². The molecule has 2 heterocycles. The highest BCUT2D eigenvalue weighted by Crippen LogP contribution is 2.39. The fourth-order valence-corrected chi connectivity index (χ4v) is 4.02. The number of hydrogen-bond donors (Lipinski definition) is 2. The molecule has 0 aliphatic carbocycles. The Balaban J connectivity index is 1.75. The number of nitrogens with zero attached hydrogens (tertiary/aromatic N) is 5. The second-order valence-corrected chi connectivity index (χ2v) is 7.95. The number of nitrogens with two attached hydrogens (primary N) is 1. The molecule has 4 rings (SSSR count). The van der Waals surface area contributed by atoms with Gasteiger partial charge in [0.25, 0.3) is 0 Å². The van der Waals surface area contributed by atoms with Crippen LogP contribution in [0.5, 0.6) is 5.75 Å². The van der Waals surface area contributed by atoms with Crippen molar-refractivity contribution in [3.63, 3.8) is 0 Å². The van der Waals surface area contributed by atoms with Crippen molar-refractivity contribution in [3.8, 4) is 17.0 Å². The molecule has 2 aromatic heterocycles. The van der Waals surface area contributed by atoms with Crippen molar-refractivity contribution in [1.29, 1.82) is 0 Å². The zero-order chi connectivity index (χ0) is 23.6. The number of aromatic nitrogens is 4. The van der Waals surface area contributed by atoms with Gasteiger partial charge in [0, 0.05) is 17.8 Å². The van der Waals surface area contributed by atoms with Gasteiger partial charge in [-0.2, -0.15) is 18.3 Å². The first-order chi connectivity index (χ1) is 15.8. The van der Waals surface area contributed by atoms with E-state index in [2.05, 4.69) is 21.6 Å². The molecule has 0 spiro atoms. The van der Waals surface area contributed by atoms with E-state index in [1.807, 2.05) is 34.6 Å². The normalized spacial score (nSPS) is 11.6. The second kappa shape index (κ2) is 9.02. The summed E-state index contributed by atoms with van der Waals surface area (Å²) in [5, 5.41) is 16.3. The average molecular weight is 472 g/mol. The van der Waals surface area contributed by atoms with Crippen LogP contribution in [-0.2, 0) is 12.7 Å². The molecule has 0 saturated heterocycles. The van der Waals surface area contributed by atoms with Gasteiger partial charge in [-0.05, 0) is 47.7 Å². The maximum absolute atomic E-state index is 13.3. The summed E-state index contributed by atoms with van der Waals surface area (Å²) < 4.78 is 43.6. The van der Waals surface area contributed by atoms with Crippen LogP contribution in [0.25, 0.3) is 22.3 Å². The maximum Gasteiger partial charge on any atom is 0.419 e. The highest BCUT2D eigenvalue weighted by molar-refractivity contribution is 8.03. The van der Waals surface area contributed by atoms with Gasteiger partial charge in [0.1, 0.15) is 23.6 Å². The first-order valence-electron chi connectivity index (χ1n) is 9.77. The summed E-state index contributed by atoms with van der Waals surface area (Å²) in [5.41, 5.74) is 6.60. The predicted octanol–water partition coefficient (Wildman–Crippen LogP) is 5.10. The molecule has 2 aromatic carbocycles. The van der Waals surface area contributed by atoms with Crippen LogP contribution in [0.15, 0.2) is 66.8 Å². The fourth-order valence-electron chi connectivity index (χ4n) is 3.41. The van der Waals surface area contributed by atoms with E-state index < -0.39 is 17.5 Å². The Bertz CT molecular complexity index is 1290. The third-order valence-corrected chi connectivity index (χ3v) is 5.69. The summed E-state index contributed by atoms with van der Waals surface area (Å²) in [6.45, 7) is 4.64. The van der Waals surface area contributed by atoms with E-state index in [-0.39, 0.29) is 17.1 Å². The van der Waals surface area contributed by atoms with Crippen molar-refractivity contribution in [2.24, 2.45) is 0 Å². The summed E-state index contributed by atoms with van der Waals surface area (Å²) in [4.78, 5) is 8.25. The fraction of sp³-hybridized carbons (Fsp3) is 0.136. The van der Waals surface area contributed by atoms with Crippen LogP contribution in [-0.4, -0.2) is 31.4 Å². The van der Waals surface area contributed by atoms with Crippen LogP contribution in [0, 0.1) is 0 Å². The first-order valence-corrected chi connectivity index (χ1v) is 10.6. The molecule has 0 saturated carbocycles. The molecule has 0 fully saturated rings. The van der Waals surface area contributed by atoms with Crippen molar-refractivity contribution in [1.82, 2.24) is 19.7 Å². The van der Waals surface area contributed by atoms with Crippen LogP contribution >= 0.6 is 11.9 Å². The van der Waals surface area contributed by atoms with Crippen molar-refractivity contribution < 1.29 is 18.3 Å². The minimum absolute atomic E-state index is 0.100. The van der Waals surface area contributed by atoms with Gasteiger partial charge in [-0.1, -0.05) is 24.8 Å². The lowest BCUT2D eigenvalue weighted by Crippen LogP contribution is -2.20. The van der Waals surface area contributed by atoms with Crippen molar-refractivity contribution in [2.45, 2.75) is 12.7 Å². The third kappa shape index (κ3) is 4.58. The van der Waals surface area contributed by atoms with E-state index in [1.165, 1.54) is 24.3 Å². The topological polar surface area (TPSA) is 93.1 Å². The van der Waals surface area contributed by atoms with E-state index in [9.17, 15) is 18.3 Å². The van der Waals surface area contributed by atoms with Gasteiger partial charge >= 0.3 is 6.18 Å². The Hall–Kier alpha value is -3.73. The number of rotatable bonds is 7. The number of phenolic OH excluding ortho intramolecular Hbond substituents is 1. The number of fused-ring (bicyclic) bond motifs is 1. The molecule has 0 unspecified atom stereocenters.